The van der Waals surface area contributed by atoms with E-state index < -0.39 is 35.1 Å². The second-order valence-corrected chi connectivity index (χ2v) is 9.11. The Hall–Kier alpha value is -4.77. The third-order valence-electron chi connectivity index (χ3n) is 6.49. The Kier molecular flexibility index (Phi) is 8.98. The number of benzene rings is 3. The lowest BCUT2D eigenvalue weighted by atomic mass is 9.93. The number of nitrogens with one attached hydrogen (secondary N) is 1. The topological polar surface area (TPSA) is 133 Å². The van der Waals surface area contributed by atoms with Gasteiger partial charge in [-0.3, -0.25) is 9.78 Å². The number of aliphatic carboxylic acids is 1. The number of rotatable bonds is 11. The molecular weight excluding hydrogens is 536 g/mol. The third kappa shape index (κ3) is 6.20. The number of ether oxygens (including phenoxy) is 3. The fraction of sp³-hybridized carbons (Fsp3) is 0.233. The number of carbonyl (C=O) groups excluding carboxylic acids is 1. The van der Waals surface area contributed by atoms with Gasteiger partial charge in [0.25, 0.3) is 5.91 Å². The molecule has 0 saturated carbocycles. The smallest absolute Gasteiger partial charge is 0.326 e. The first kappa shape index (κ1) is 29.2. The molecule has 41 heavy (non-hydrogen) atoms. The molecule has 0 fully saturated rings. The number of amides is 1. The molecule has 1 amide bonds. The van der Waals surface area contributed by atoms with E-state index in [2.05, 4.69) is 10.3 Å². The van der Waals surface area contributed by atoms with Crippen molar-refractivity contribution in [2.75, 3.05) is 26.6 Å². The van der Waals surface area contributed by atoms with Gasteiger partial charge in [-0.05, 0) is 48.4 Å². The average Bonchev–Trinajstić information content (AvgIpc) is 2.94. The van der Waals surface area contributed by atoms with Crippen LogP contribution in [0.5, 0.6) is 11.5 Å². The van der Waals surface area contributed by atoms with Crippen molar-refractivity contribution in [1.82, 2.24) is 10.3 Å². The van der Waals surface area contributed by atoms with E-state index in [4.69, 9.17) is 19.9 Å². The van der Waals surface area contributed by atoms with Crippen LogP contribution in [0, 0.1) is 11.6 Å². The molecule has 9 nitrogen and oxygen atoms in total. The minimum absolute atomic E-state index is 0.191. The molecule has 4 rings (SSSR count). The van der Waals surface area contributed by atoms with Gasteiger partial charge in [-0.25, -0.2) is 13.6 Å². The summed E-state index contributed by atoms with van der Waals surface area (Å²) < 4.78 is 45.5. The predicted molar refractivity (Wildman–Crippen MR) is 149 cm³/mol. The zero-order valence-electron chi connectivity index (χ0n) is 22.7. The molecule has 1 aromatic heterocycles. The van der Waals surface area contributed by atoms with Crippen molar-refractivity contribution < 1.29 is 37.7 Å². The van der Waals surface area contributed by atoms with Gasteiger partial charge >= 0.3 is 5.97 Å². The quantitative estimate of drug-likeness (QED) is 0.222. The van der Waals surface area contributed by atoms with Crippen molar-refractivity contribution in [2.24, 2.45) is 0 Å². The molecule has 4 N–H and O–H groups in total. The minimum atomic E-state index is -1.50. The lowest BCUT2D eigenvalue weighted by molar-refractivity contribution is -0.139. The van der Waals surface area contributed by atoms with Crippen LogP contribution in [0.2, 0.25) is 0 Å². The van der Waals surface area contributed by atoms with E-state index >= 15 is 0 Å². The number of halogens is 2. The van der Waals surface area contributed by atoms with Gasteiger partial charge in [-0.2, -0.15) is 0 Å². The lowest BCUT2D eigenvalue weighted by Gasteiger charge is -2.19. The van der Waals surface area contributed by atoms with E-state index in [1.54, 1.807) is 44.7 Å². The highest BCUT2D eigenvalue weighted by Gasteiger charge is 2.27. The maximum Gasteiger partial charge on any atom is 0.326 e. The van der Waals surface area contributed by atoms with Crippen LogP contribution in [-0.4, -0.2) is 48.8 Å². The molecule has 0 aliphatic rings. The maximum absolute atomic E-state index is 14.3. The Labute approximate surface area is 234 Å². The SMILES string of the molecule is CCOCc1cc(OC)c(-c2ccc(C[C@H](NC(=O)c3c(F)cc(N)cc3F)C(=O)O)c3cccnc23)c(OC)c1. The summed E-state index contributed by atoms with van der Waals surface area (Å²) in [5, 5.41) is 12.7. The van der Waals surface area contributed by atoms with Gasteiger partial charge in [0.05, 0.1) is 31.9 Å². The number of nitrogens with zero attached hydrogens (tertiary/aromatic N) is 1. The van der Waals surface area contributed by atoms with Gasteiger partial charge in [-0.1, -0.05) is 18.2 Å². The highest BCUT2D eigenvalue weighted by Crippen LogP contribution is 2.43. The molecule has 0 saturated heterocycles. The Balaban J connectivity index is 1.74. The molecule has 0 aliphatic carbocycles. The summed E-state index contributed by atoms with van der Waals surface area (Å²) in [4.78, 5) is 29.4. The van der Waals surface area contributed by atoms with Crippen molar-refractivity contribution in [3.05, 3.63) is 83.1 Å². The molecule has 1 atom stereocenters. The number of hydrogen-bond acceptors (Lipinski definition) is 7. The van der Waals surface area contributed by atoms with Crippen molar-refractivity contribution in [3.63, 3.8) is 0 Å². The second kappa shape index (κ2) is 12.6. The van der Waals surface area contributed by atoms with E-state index in [1.165, 1.54) is 0 Å². The fourth-order valence-electron chi connectivity index (χ4n) is 4.61. The Morgan fingerprint density at radius 2 is 1.71 bits per heavy atom. The molecule has 214 valence electrons. The van der Waals surface area contributed by atoms with Crippen molar-refractivity contribution in [3.8, 4) is 22.6 Å². The standard InChI is InChI=1S/C30H29F2N3O6/c1-4-41-15-16-10-24(39-2)26(25(11-16)40-3)20-8-7-17(19-6-5-9-34-28(19)20)12-23(30(37)38)35-29(36)27-21(31)13-18(33)14-22(27)32/h5-11,13-14,23H,4,12,15,33H2,1-3H3,(H,35,36)(H,37,38)/t23-/m0/s1. The first-order chi connectivity index (χ1) is 19.7. The van der Waals surface area contributed by atoms with Gasteiger partial charge in [0, 0.05) is 35.9 Å². The first-order valence-electron chi connectivity index (χ1n) is 12.7. The molecule has 0 aliphatic heterocycles. The highest BCUT2D eigenvalue weighted by molar-refractivity contribution is 6.00. The number of aromatic nitrogens is 1. The molecular formula is C30H29F2N3O6. The summed E-state index contributed by atoms with van der Waals surface area (Å²) in [5.74, 6) is -3.93. The van der Waals surface area contributed by atoms with Gasteiger partial charge < -0.3 is 30.4 Å². The zero-order chi connectivity index (χ0) is 29.7. The number of carboxylic acid groups (broad SMARTS) is 1. The normalized spacial score (nSPS) is 11.7. The summed E-state index contributed by atoms with van der Waals surface area (Å²) in [7, 11) is 3.08. The van der Waals surface area contributed by atoms with Gasteiger partial charge in [0.2, 0.25) is 0 Å². The minimum Gasteiger partial charge on any atom is -0.496 e. The van der Waals surface area contributed by atoms with E-state index in [-0.39, 0.29) is 12.1 Å². The van der Waals surface area contributed by atoms with Crippen LogP contribution in [0.15, 0.2) is 54.7 Å². The van der Waals surface area contributed by atoms with Gasteiger partial charge in [0.1, 0.15) is 34.7 Å². The van der Waals surface area contributed by atoms with Gasteiger partial charge in [-0.15, -0.1) is 0 Å². The number of methoxy groups -OCH3 is 2. The number of hydrogen-bond donors (Lipinski definition) is 3. The first-order valence-corrected chi connectivity index (χ1v) is 12.7. The van der Waals surface area contributed by atoms with Crippen LogP contribution in [0.1, 0.15) is 28.4 Å². The van der Waals surface area contributed by atoms with Crippen LogP contribution in [0.3, 0.4) is 0 Å². The van der Waals surface area contributed by atoms with Gasteiger partial charge in [0.15, 0.2) is 0 Å². The number of fused-ring (bicyclic) bond motifs is 1. The monoisotopic (exact) mass is 565 g/mol. The number of pyridine rings is 1. The molecule has 11 heteroatoms. The zero-order valence-corrected chi connectivity index (χ0v) is 22.7. The third-order valence-corrected chi connectivity index (χ3v) is 6.49. The summed E-state index contributed by atoms with van der Waals surface area (Å²) in [5.41, 5.74) is 7.53. The largest absolute Gasteiger partial charge is 0.496 e. The van der Waals surface area contributed by atoms with Crippen LogP contribution in [-0.2, 0) is 22.6 Å². The van der Waals surface area contributed by atoms with Crippen LogP contribution >= 0.6 is 0 Å². The molecule has 0 radical (unpaired) electrons. The van der Waals surface area contributed by atoms with Crippen LogP contribution in [0.25, 0.3) is 22.0 Å². The van der Waals surface area contributed by atoms with Crippen LogP contribution in [0.4, 0.5) is 14.5 Å². The Morgan fingerprint density at radius 1 is 1.05 bits per heavy atom. The Bertz CT molecular complexity index is 1560. The number of carbonyl (C=O) groups is 2. The highest BCUT2D eigenvalue weighted by atomic mass is 19.1. The summed E-state index contributed by atoms with van der Waals surface area (Å²) in [6.07, 6.45) is 1.41. The van der Waals surface area contributed by atoms with E-state index in [9.17, 15) is 23.5 Å². The fourth-order valence-corrected chi connectivity index (χ4v) is 4.61. The Morgan fingerprint density at radius 3 is 2.29 bits per heavy atom. The second-order valence-electron chi connectivity index (χ2n) is 9.11. The average molecular weight is 566 g/mol. The number of nitrogens with two attached hydrogens (primary N) is 1. The number of carboxylic acids is 1. The predicted octanol–water partition coefficient (Wildman–Crippen LogP) is 4.74. The van der Waals surface area contributed by atoms with E-state index in [1.807, 2.05) is 19.1 Å². The number of nitrogen functional groups attached to an aromatic ring is 1. The lowest BCUT2D eigenvalue weighted by Crippen LogP contribution is -2.43. The van der Waals surface area contributed by atoms with E-state index in [0.29, 0.717) is 52.3 Å². The molecule has 0 spiro atoms. The van der Waals surface area contributed by atoms with Crippen LogP contribution < -0.4 is 20.5 Å². The summed E-state index contributed by atoms with van der Waals surface area (Å²) >= 11 is 0. The number of anilines is 1. The molecule has 4 aromatic rings. The molecule has 3 aromatic carbocycles. The summed E-state index contributed by atoms with van der Waals surface area (Å²) in [6, 6.07) is 10.7. The molecule has 1 heterocycles. The van der Waals surface area contributed by atoms with Crippen molar-refractivity contribution in [2.45, 2.75) is 26.0 Å². The maximum atomic E-state index is 14.3. The van der Waals surface area contributed by atoms with Crippen molar-refractivity contribution >= 4 is 28.5 Å². The molecule has 0 bridgehead atoms. The van der Waals surface area contributed by atoms with Crippen molar-refractivity contribution in [1.29, 1.82) is 0 Å². The summed E-state index contributed by atoms with van der Waals surface area (Å²) in [6.45, 7) is 2.81. The van der Waals surface area contributed by atoms with E-state index in [0.717, 1.165) is 17.7 Å². The molecule has 0 unspecified atom stereocenters.